The maximum absolute atomic E-state index is 13.3. The van der Waals surface area contributed by atoms with E-state index < -0.39 is 11.8 Å². The lowest BCUT2D eigenvalue weighted by Gasteiger charge is -2.05. The van der Waals surface area contributed by atoms with Crippen LogP contribution in [0, 0.1) is 5.82 Å². The normalized spacial score (nSPS) is 15.2. The summed E-state index contributed by atoms with van der Waals surface area (Å²) in [7, 11) is 0. The van der Waals surface area contributed by atoms with E-state index in [4.69, 9.17) is 9.47 Å². The fraction of sp³-hybridized carbons (Fsp3) is 0.200. The first-order valence-corrected chi connectivity index (χ1v) is 8.17. The first-order chi connectivity index (χ1) is 12.2. The van der Waals surface area contributed by atoms with Crippen LogP contribution in [-0.2, 0) is 9.53 Å². The molecule has 0 unspecified atom stereocenters. The smallest absolute Gasteiger partial charge is 0.363 e. The number of carbonyl (C=O) groups excluding carboxylic acids is 1. The lowest BCUT2D eigenvalue weighted by molar-refractivity contribution is -0.129. The molecule has 0 bridgehead atoms. The first-order valence-electron chi connectivity index (χ1n) is 8.17. The Hall–Kier alpha value is -2.95. The third kappa shape index (κ3) is 4.32. The lowest BCUT2D eigenvalue weighted by atomic mass is 10.2. The van der Waals surface area contributed by atoms with E-state index in [2.05, 4.69) is 11.9 Å². The topological polar surface area (TPSA) is 47.9 Å². The predicted octanol–water partition coefficient (Wildman–Crippen LogP) is 4.35. The first kappa shape index (κ1) is 16.9. The average Bonchev–Trinajstić information content (AvgIpc) is 2.97. The van der Waals surface area contributed by atoms with Crippen molar-refractivity contribution >= 4 is 17.9 Å². The largest absolute Gasteiger partial charge is 0.494 e. The number of carbonyl (C=O) groups is 1. The number of rotatable bonds is 6. The van der Waals surface area contributed by atoms with Gasteiger partial charge in [-0.25, -0.2) is 14.2 Å². The molecule has 0 amide bonds. The second-order valence-electron chi connectivity index (χ2n) is 5.62. The van der Waals surface area contributed by atoms with Crippen molar-refractivity contribution in [2.75, 3.05) is 6.61 Å². The Kier molecular flexibility index (Phi) is 5.23. The van der Waals surface area contributed by atoms with Gasteiger partial charge >= 0.3 is 5.97 Å². The number of unbranched alkanes of at least 4 members (excludes halogenated alkanes) is 1. The molecular formula is C20H18FNO3. The molecule has 128 valence electrons. The molecule has 4 nitrogen and oxygen atoms in total. The highest BCUT2D eigenvalue weighted by molar-refractivity contribution is 6.12. The number of aliphatic imine (C=N–C) groups is 1. The maximum atomic E-state index is 13.3. The molecule has 5 heteroatoms. The Morgan fingerprint density at radius 3 is 2.72 bits per heavy atom. The summed E-state index contributed by atoms with van der Waals surface area (Å²) in [6.45, 7) is 2.79. The molecule has 0 aromatic heterocycles. The van der Waals surface area contributed by atoms with Gasteiger partial charge in [0.05, 0.1) is 6.61 Å². The van der Waals surface area contributed by atoms with Crippen molar-refractivity contribution < 1.29 is 18.7 Å². The summed E-state index contributed by atoms with van der Waals surface area (Å²) >= 11 is 0. The van der Waals surface area contributed by atoms with Gasteiger partial charge in [-0.2, -0.15) is 0 Å². The van der Waals surface area contributed by atoms with Gasteiger partial charge in [0.1, 0.15) is 11.6 Å². The van der Waals surface area contributed by atoms with Gasteiger partial charge in [0.2, 0.25) is 5.90 Å². The molecular weight excluding hydrogens is 321 g/mol. The Morgan fingerprint density at radius 1 is 1.20 bits per heavy atom. The second kappa shape index (κ2) is 7.75. The van der Waals surface area contributed by atoms with Crippen molar-refractivity contribution in [1.29, 1.82) is 0 Å². The van der Waals surface area contributed by atoms with E-state index in [1.54, 1.807) is 18.2 Å². The van der Waals surface area contributed by atoms with Crippen molar-refractivity contribution in [3.63, 3.8) is 0 Å². The van der Waals surface area contributed by atoms with Crippen molar-refractivity contribution in [2.24, 2.45) is 4.99 Å². The number of hydrogen-bond acceptors (Lipinski definition) is 4. The Morgan fingerprint density at radius 2 is 2.00 bits per heavy atom. The van der Waals surface area contributed by atoms with Crippen LogP contribution in [0.4, 0.5) is 4.39 Å². The minimum absolute atomic E-state index is 0.107. The highest BCUT2D eigenvalue weighted by Crippen LogP contribution is 2.21. The van der Waals surface area contributed by atoms with E-state index in [9.17, 15) is 9.18 Å². The number of nitrogens with zero attached hydrogens (tertiary/aromatic N) is 1. The summed E-state index contributed by atoms with van der Waals surface area (Å²) in [5.41, 5.74) is 1.41. The quantitative estimate of drug-likeness (QED) is 0.447. The molecule has 3 rings (SSSR count). The molecule has 2 aromatic rings. The van der Waals surface area contributed by atoms with Crippen molar-refractivity contribution in [3.8, 4) is 5.75 Å². The summed E-state index contributed by atoms with van der Waals surface area (Å²) in [5.74, 6) is -0.0707. The van der Waals surface area contributed by atoms with Crippen LogP contribution in [0.25, 0.3) is 6.08 Å². The molecule has 0 N–H and O–H groups in total. The number of cyclic esters (lactones) is 1. The Bertz CT molecular complexity index is 825. The standard InChI is InChI=1S/C20H18FNO3/c1-2-3-11-24-17-9-7-14(8-10-17)12-18-20(23)25-19(22-18)15-5-4-6-16(21)13-15/h4-10,12-13H,2-3,11H2,1H3. The molecule has 2 aromatic carbocycles. The predicted molar refractivity (Wildman–Crippen MR) is 93.9 cm³/mol. The molecule has 0 radical (unpaired) electrons. The van der Waals surface area contributed by atoms with Gasteiger partial charge in [-0.15, -0.1) is 0 Å². The molecule has 0 fully saturated rings. The van der Waals surface area contributed by atoms with Gasteiger partial charge in [0.15, 0.2) is 5.70 Å². The number of esters is 1. The highest BCUT2D eigenvalue weighted by Gasteiger charge is 2.24. The van der Waals surface area contributed by atoms with Gasteiger partial charge in [-0.1, -0.05) is 31.5 Å². The van der Waals surface area contributed by atoms with E-state index >= 15 is 0 Å². The molecule has 1 aliphatic rings. The van der Waals surface area contributed by atoms with Crippen molar-refractivity contribution in [1.82, 2.24) is 0 Å². The van der Waals surface area contributed by atoms with E-state index in [1.807, 2.05) is 24.3 Å². The summed E-state index contributed by atoms with van der Waals surface area (Å²) in [6, 6.07) is 13.2. The van der Waals surface area contributed by atoms with Gasteiger partial charge < -0.3 is 9.47 Å². The number of hydrogen-bond donors (Lipinski definition) is 0. The minimum Gasteiger partial charge on any atom is -0.494 e. The van der Waals surface area contributed by atoms with Gasteiger partial charge in [0, 0.05) is 5.56 Å². The van der Waals surface area contributed by atoms with E-state index in [-0.39, 0.29) is 11.6 Å². The van der Waals surface area contributed by atoms with Crippen LogP contribution in [0.15, 0.2) is 59.2 Å². The van der Waals surface area contributed by atoms with Crippen LogP contribution in [0.1, 0.15) is 30.9 Å². The Balaban J connectivity index is 1.75. The third-order valence-electron chi connectivity index (χ3n) is 3.64. The third-order valence-corrected chi connectivity index (χ3v) is 3.64. The summed E-state index contributed by atoms with van der Waals surface area (Å²) in [6.07, 6.45) is 3.72. The molecule has 1 aliphatic heterocycles. The van der Waals surface area contributed by atoms with Crippen LogP contribution < -0.4 is 4.74 Å². The van der Waals surface area contributed by atoms with Crippen LogP contribution in [-0.4, -0.2) is 18.5 Å². The lowest BCUT2D eigenvalue weighted by Crippen LogP contribution is -2.05. The second-order valence-corrected chi connectivity index (χ2v) is 5.62. The van der Waals surface area contributed by atoms with Crippen LogP contribution in [0.3, 0.4) is 0 Å². The van der Waals surface area contributed by atoms with Gasteiger partial charge in [-0.3, -0.25) is 0 Å². The summed E-state index contributed by atoms with van der Waals surface area (Å²) in [4.78, 5) is 16.1. The van der Waals surface area contributed by atoms with Crippen molar-refractivity contribution in [2.45, 2.75) is 19.8 Å². The Labute approximate surface area is 145 Å². The number of halogens is 1. The van der Waals surface area contributed by atoms with E-state index in [1.165, 1.54) is 12.1 Å². The van der Waals surface area contributed by atoms with Gasteiger partial charge in [-0.05, 0) is 48.4 Å². The summed E-state index contributed by atoms with van der Waals surface area (Å²) < 4.78 is 24.0. The fourth-order valence-corrected chi connectivity index (χ4v) is 2.31. The average molecular weight is 339 g/mol. The van der Waals surface area contributed by atoms with Crippen LogP contribution in [0.2, 0.25) is 0 Å². The van der Waals surface area contributed by atoms with Crippen LogP contribution in [0.5, 0.6) is 5.75 Å². The molecule has 0 atom stereocenters. The molecule has 0 spiro atoms. The minimum atomic E-state index is -0.553. The molecule has 0 aliphatic carbocycles. The zero-order valence-corrected chi connectivity index (χ0v) is 13.9. The molecule has 0 saturated heterocycles. The van der Waals surface area contributed by atoms with E-state index in [0.717, 1.165) is 24.2 Å². The van der Waals surface area contributed by atoms with Crippen molar-refractivity contribution in [3.05, 3.63) is 71.2 Å². The zero-order chi connectivity index (χ0) is 17.6. The SMILES string of the molecule is CCCCOc1ccc(C=C2N=C(c3cccc(F)c3)OC2=O)cc1. The summed E-state index contributed by atoms with van der Waals surface area (Å²) in [5, 5.41) is 0. The maximum Gasteiger partial charge on any atom is 0.363 e. The fourth-order valence-electron chi connectivity index (χ4n) is 2.31. The zero-order valence-electron chi connectivity index (χ0n) is 13.9. The van der Waals surface area contributed by atoms with E-state index in [0.29, 0.717) is 12.2 Å². The van der Waals surface area contributed by atoms with Gasteiger partial charge in [0.25, 0.3) is 0 Å². The molecule has 0 saturated carbocycles. The number of ether oxygens (including phenoxy) is 2. The monoisotopic (exact) mass is 339 g/mol. The van der Waals surface area contributed by atoms with Crippen LogP contribution >= 0.6 is 0 Å². The highest BCUT2D eigenvalue weighted by atomic mass is 19.1. The molecule has 25 heavy (non-hydrogen) atoms. The number of benzene rings is 2. The molecule has 1 heterocycles.